The molecule has 37 heavy (non-hydrogen) atoms. The zero-order valence-electron chi connectivity index (χ0n) is 20.8. The fourth-order valence-corrected chi connectivity index (χ4v) is 5.73. The number of ether oxygens (including phenoxy) is 2. The van der Waals surface area contributed by atoms with Crippen LogP contribution in [0.3, 0.4) is 0 Å². The Labute approximate surface area is 225 Å². The van der Waals surface area contributed by atoms with Crippen LogP contribution in [0.4, 0.5) is 17.5 Å². The lowest BCUT2D eigenvalue weighted by Gasteiger charge is -2.56. The van der Waals surface area contributed by atoms with E-state index in [0.29, 0.717) is 55.1 Å². The maximum absolute atomic E-state index is 11.8. The summed E-state index contributed by atoms with van der Waals surface area (Å²) in [5.74, 6) is 1.80. The van der Waals surface area contributed by atoms with Crippen molar-refractivity contribution in [3.63, 3.8) is 0 Å². The number of rotatable bonds is 7. The summed E-state index contributed by atoms with van der Waals surface area (Å²) in [5, 5.41) is 15.2. The summed E-state index contributed by atoms with van der Waals surface area (Å²) < 4.78 is 10.9. The maximum atomic E-state index is 11.8. The first-order chi connectivity index (χ1) is 17.8. The third kappa shape index (κ3) is 4.29. The normalized spacial score (nSPS) is 20.2. The van der Waals surface area contributed by atoms with Gasteiger partial charge in [-0.05, 0) is 6.08 Å². The lowest BCUT2D eigenvalue weighted by atomic mass is 9.97. The van der Waals surface area contributed by atoms with E-state index in [4.69, 9.17) is 32.7 Å². The van der Waals surface area contributed by atoms with Crippen LogP contribution in [0.15, 0.2) is 24.9 Å². The molecule has 2 fully saturated rings. The Kier molecular flexibility index (Phi) is 6.97. The minimum atomic E-state index is -1.12. The van der Waals surface area contributed by atoms with Gasteiger partial charge in [0.25, 0.3) is 0 Å². The number of carbonyl (C=O) groups excluding carboxylic acids is 1. The molecule has 11 nitrogen and oxygen atoms in total. The molecule has 1 unspecified atom stereocenters. The molecule has 0 spiro atoms. The monoisotopic (exact) mass is 549 g/mol. The van der Waals surface area contributed by atoms with E-state index in [0.717, 1.165) is 5.56 Å². The molecule has 1 aromatic heterocycles. The highest BCUT2D eigenvalue weighted by Crippen LogP contribution is 2.49. The van der Waals surface area contributed by atoms with Gasteiger partial charge in [-0.25, -0.2) is 4.98 Å². The number of carbonyl (C=O) groups is 1. The molecule has 4 heterocycles. The Balaban J connectivity index is 1.46. The molecular weight excluding hydrogens is 521 g/mol. The first kappa shape index (κ1) is 25.7. The van der Waals surface area contributed by atoms with Crippen molar-refractivity contribution in [2.75, 3.05) is 62.6 Å². The molecule has 3 aliphatic rings. The molecule has 0 aliphatic carbocycles. The van der Waals surface area contributed by atoms with Crippen LogP contribution in [0, 0.1) is 0 Å². The lowest BCUT2D eigenvalue weighted by molar-refractivity contribution is -0.134. The molecule has 3 aliphatic heterocycles. The van der Waals surface area contributed by atoms with Crippen LogP contribution in [-0.4, -0.2) is 96.7 Å². The Hall–Kier alpha value is -2.99. The summed E-state index contributed by atoms with van der Waals surface area (Å²) >= 11 is 13.4. The zero-order valence-corrected chi connectivity index (χ0v) is 22.3. The lowest BCUT2D eigenvalue weighted by Crippen LogP contribution is -2.72. The number of amides is 1. The van der Waals surface area contributed by atoms with Crippen LogP contribution in [-0.2, 0) is 11.3 Å². The topological polar surface area (TPSA) is 107 Å². The Morgan fingerprint density at radius 3 is 2.38 bits per heavy atom. The van der Waals surface area contributed by atoms with Gasteiger partial charge < -0.3 is 34.6 Å². The second-order valence-electron chi connectivity index (χ2n) is 9.14. The molecule has 13 heteroatoms. The van der Waals surface area contributed by atoms with Crippen LogP contribution in [0.5, 0.6) is 11.5 Å². The van der Waals surface area contributed by atoms with Gasteiger partial charge in [0.15, 0.2) is 0 Å². The minimum absolute atomic E-state index is 0.0367. The number of nitrogens with zero attached hydrogens (tertiary/aromatic N) is 6. The van der Waals surface area contributed by atoms with Crippen molar-refractivity contribution >= 4 is 46.6 Å². The Morgan fingerprint density at radius 1 is 1.16 bits per heavy atom. The predicted molar refractivity (Wildman–Crippen MR) is 142 cm³/mol. The first-order valence-electron chi connectivity index (χ1n) is 11.8. The standard InChI is InChI=1S/C24H29Cl2N7O4/c1-5-18(34)31-9-14(10-31)30-11-15(12-30)33-22-13(7-28-23(27-2)29-22)8-32(24(33)35)21-19(25)16(36-3)6-17(37-4)20(21)26/h5-7,14-15,24,35H,1,8-12H2,2-4H3,(H,27,28,29). The van der Waals surface area contributed by atoms with Gasteiger partial charge in [-0.15, -0.1) is 0 Å². The second-order valence-corrected chi connectivity index (χ2v) is 9.90. The van der Waals surface area contributed by atoms with E-state index < -0.39 is 6.35 Å². The highest BCUT2D eigenvalue weighted by molar-refractivity contribution is 6.41. The van der Waals surface area contributed by atoms with Crippen molar-refractivity contribution in [3.05, 3.63) is 40.5 Å². The van der Waals surface area contributed by atoms with Gasteiger partial charge in [0.2, 0.25) is 18.2 Å². The van der Waals surface area contributed by atoms with Crippen molar-refractivity contribution in [1.82, 2.24) is 19.8 Å². The van der Waals surface area contributed by atoms with Crippen LogP contribution < -0.4 is 24.6 Å². The van der Waals surface area contributed by atoms with Crippen LogP contribution in [0.25, 0.3) is 0 Å². The van der Waals surface area contributed by atoms with Gasteiger partial charge in [-0.3, -0.25) is 9.69 Å². The average molecular weight is 550 g/mol. The first-order valence-corrected chi connectivity index (χ1v) is 12.6. The smallest absolute Gasteiger partial charge is 0.246 e. The Morgan fingerprint density at radius 2 is 1.81 bits per heavy atom. The number of methoxy groups -OCH3 is 2. The molecule has 2 N–H and O–H groups in total. The SMILES string of the molecule is C=CC(=O)N1CC(N2CC(N3c4nc(NC)ncc4CN(c4c(Cl)c(OC)cc(OC)c4Cl)C3O)C2)C1. The molecule has 1 atom stereocenters. The van der Waals surface area contributed by atoms with E-state index in [-0.39, 0.29) is 34.6 Å². The molecular formula is C24H29Cl2N7O4. The largest absolute Gasteiger partial charge is 0.495 e. The van der Waals surface area contributed by atoms with E-state index in [2.05, 4.69) is 26.8 Å². The number of nitrogens with one attached hydrogen (secondary N) is 1. The number of fused-ring (bicyclic) bond motifs is 1. The number of likely N-dealkylation sites (tertiary alicyclic amines) is 2. The van der Waals surface area contributed by atoms with Gasteiger partial charge in [0.1, 0.15) is 27.4 Å². The van der Waals surface area contributed by atoms with Gasteiger partial charge in [0, 0.05) is 57.1 Å². The van der Waals surface area contributed by atoms with Crippen LogP contribution in [0.2, 0.25) is 10.0 Å². The number of aliphatic hydroxyl groups excluding tert-OH is 1. The number of benzene rings is 1. The third-order valence-corrected chi connectivity index (χ3v) is 7.90. The van der Waals surface area contributed by atoms with E-state index in [1.165, 1.54) is 20.3 Å². The number of aliphatic hydroxyl groups is 1. The minimum Gasteiger partial charge on any atom is -0.495 e. The summed E-state index contributed by atoms with van der Waals surface area (Å²) in [5.41, 5.74) is 1.21. The Bertz CT molecular complexity index is 1190. The van der Waals surface area contributed by atoms with E-state index in [1.54, 1.807) is 29.1 Å². The number of anilines is 3. The van der Waals surface area contributed by atoms with E-state index >= 15 is 0 Å². The second kappa shape index (κ2) is 10.1. The van der Waals surface area contributed by atoms with Crippen molar-refractivity contribution in [2.45, 2.75) is 25.0 Å². The third-order valence-electron chi connectivity index (χ3n) is 7.16. The van der Waals surface area contributed by atoms with Crippen molar-refractivity contribution in [1.29, 1.82) is 0 Å². The molecule has 5 rings (SSSR count). The van der Waals surface area contributed by atoms with Gasteiger partial charge in [-0.1, -0.05) is 29.8 Å². The predicted octanol–water partition coefficient (Wildman–Crippen LogP) is 2.03. The van der Waals surface area contributed by atoms with E-state index in [1.807, 2.05) is 4.90 Å². The number of hydrogen-bond donors (Lipinski definition) is 2. The molecule has 0 saturated carbocycles. The summed E-state index contributed by atoms with van der Waals surface area (Å²) in [4.78, 5) is 28.5. The van der Waals surface area contributed by atoms with Crippen molar-refractivity contribution < 1.29 is 19.4 Å². The summed E-state index contributed by atoms with van der Waals surface area (Å²) in [7, 11) is 4.76. The molecule has 2 aromatic rings. The molecule has 1 aromatic carbocycles. The fourth-order valence-electron chi connectivity index (χ4n) is 5.02. The van der Waals surface area contributed by atoms with Gasteiger partial charge in [0.05, 0.1) is 32.5 Å². The zero-order chi connectivity index (χ0) is 26.4. The van der Waals surface area contributed by atoms with Crippen LogP contribution in [0.1, 0.15) is 5.56 Å². The van der Waals surface area contributed by atoms with Crippen molar-refractivity contribution in [3.8, 4) is 11.5 Å². The number of hydrogen-bond acceptors (Lipinski definition) is 10. The molecule has 198 valence electrons. The van der Waals surface area contributed by atoms with E-state index in [9.17, 15) is 9.90 Å². The summed E-state index contributed by atoms with van der Waals surface area (Å²) in [6.45, 7) is 6.57. The van der Waals surface area contributed by atoms with Crippen molar-refractivity contribution in [2.24, 2.45) is 0 Å². The average Bonchev–Trinajstić information content (AvgIpc) is 2.85. The van der Waals surface area contributed by atoms with Crippen LogP contribution >= 0.6 is 23.2 Å². The van der Waals surface area contributed by atoms with Gasteiger partial charge >= 0.3 is 0 Å². The van der Waals surface area contributed by atoms with Gasteiger partial charge in [-0.2, -0.15) is 4.98 Å². The highest BCUT2D eigenvalue weighted by Gasteiger charge is 2.47. The molecule has 0 bridgehead atoms. The molecule has 2 saturated heterocycles. The summed E-state index contributed by atoms with van der Waals surface area (Å²) in [6, 6.07) is 1.86. The number of aromatic nitrogens is 2. The maximum Gasteiger partial charge on any atom is 0.246 e. The number of halogens is 2. The molecule has 1 amide bonds. The quantitative estimate of drug-likeness (QED) is 0.498. The summed E-state index contributed by atoms with van der Waals surface area (Å²) in [6.07, 6.45) is 1.96. The fraction of sp³-hybridized carbons (Fsp3) is 0.458. The molecule has 0 radical (unpaired) electrons. The highest BCUT2D eigenvalue weighted by atomic mass is 35.5.